The number of halogens is 1. The molecular weight excluding hydrogens is 246 g/mol. The van der Waals surface area contributed by atoms with E-state index in [4.69, 9.17) is 11.6 Å². The fourth-order valence-corrected chi connectivity index (χ4v) is 2.61. The van der Waals surface area contributed by atoms with Crippen LogP contribution < -0.4 is 5.32 Å². The van der Waals surface area contributed by atoms with Crippen LogP contribution in [0.1, 0.15) is 45.6 Å². The first kappa shape index (κ1) is 13.4. The number of carbonyl (C=O) groups is 1. The molecule has 0 unspecified atom stereocenters. The summed E-state index contributed by atoms with van der Waals surface area (Å²) in [5.41, 5.74) is 0.485. The Hall–Kier alpha value is -1.02. The summed E-state index contributed by atoms with van der Waals surface area (Å²) in [5, 5.41) is 3.79. The quantitative estimate of drug-likeness (QED) is 0.868. The zero-order chi connectivity index (χ0) is 13.4. The molecule has 1 fully saturated rings. The van der Waals surface area contributed by atoms with Gasteiger partial charge in [0.05, 0.1) is 5.41 Å². The molecule has 1 saturated carbocycles. The second-order valence-corrected chi connectivity index (χ2v) is 6.59. The van der Waals surface area contributed by atoms with Gasteiger partial charge in [-0.2, -0.15) is 0 Å². The lowest BCUT2D eigenvalue weighted by Gasteiger charge is -2.42. The van der Waals surface area contributed by atoms with Crippen LogP contribution in [0, 0.1) is 0 Å². The lowest BCUT2D eigenvalue weighted by atomic mass is 9.63. The van der Waals surface area contributed by atoms with E-state index in [2.05, 4.69) is 5.32 Å². The fraction of sp³-hybridized carbons (Fsp3) is 0.533. The van der Waals surface area contributed by atoms with Crippen molar-refractivity contribution in [2.75, 3.05) is 0 Å². The van der Waals surface area contributed by atoms with E-state index in [9.17, 15) is 4.79 Å². The standard InChI is InChI=1S/C15H20ClNO/c1-14(2,3)17-13(18)15(8-5-9-15)11-6-4-7-12(16)10-11/h4,6-7,10H,5,8-9H2,1-3H3,(H,17,18). The van der Waals surface area contributed by atoms with Gasteiger partial charge in [-0.05, 0) is 51.3 Å². The highest BCUT2D eigenvalue weighted by molar-refractivity contribution is 6.30. The number of nitrogens with one attached hydrogen (secondary N) is 1. The zero-order valence-electron chi connectivity index (χ0n) is 11.2. The fourth-order valence-electron chi connectivity index (χ4n) is 2.42. The summed E-state index contributed by atoms with van der Waals surface area (Å²) in [5.74, 6) is 0.128. The van der Waals surface area contributed by atoms with Crippen LogP contribution in [0.2, 0.25) is 5.02 Å². The third kappa shape index (κ3) is 2.54. The maximum Gasteiger partial charge on any atom is 0.231 e. The molecule has 0 atom stereocenters. The van der Waals surface area contributed by atoms with Crippen molar-refractivity contribution in [1.82, 2.24) is 5.32 Å². The molecule has 98 valence electrons. The molecule has 18 heavy (non-hydrogen) atoms. The molecule has 0 heterocycles. The average molecular weight is 266 g/mol. The minimum absolute atomic E-state index is 0.128. The number of amides is 1. The summed E-state index contributed by atoms with van der Waals surface area (Å²) in [7, 11) is 0. The molecule has 1 aromatic carbocycles. The van der Waals surface area contributed by atoms with E-state index in [1.54, 1.807) is 0 Å². The van der Waals surface area contributed by atoms with Crippen molar-refractivity contribution in [1.29, 1.82) is 0 Å². The Balaban J connectivity index is 2.29. The van der Waals surface area contributed by atoms with Crippen molar-refractivity contribution >= 4 is 17.5 Å². The van der Waals surface area contributed by atoms with Crippen LogP contribution in [-0.4, -0.2) is 11.4 Å². The van der Waals surface area contributed by atoms with Crippen molar-refractivity contribution in [2.24, 2.45) is 0 Å². The van der Waals surface area contributed by atoms with Crippen LogP contribution in [0.3, 0.4) is 0 Å². The number of benzene rings is 1. The summed E-state index contributed by atoms with van der Waals surface area (Å²) in [4.78, 5) is 12.5. The summed E-state index contributed by atoms with van der Waals surface area (Å²) in [6.07, 6.45) is 2.93. The summed E-state index contributed by atoms with van der Waals surface area (Å²) in [6.45, 7) is 6.03. The second-order valence-electron chi connectivity index (χ2n) is 6.15. The van der Waals surface area contributed by atoms with Crippen molar-refractivity contribution in [3.05, 3.63) is 34.9 Å². The van der Waals surface area contributed by atoms with Gasteiger partial charge in [0.2, 0.25) is 5.91 Å². The van der Waals surface area contributed by atoms with Gasteiger partial charge in [0.25, 0.3) is 0 Å². The zero-order valence-corrected chi connectivity index (χ0v) is 12.0. The van der Waals surface area contributed by atoms with Gasteiger partial charge in [0.15, 0.2) is 0 Å². The normalized spacial score (nSPS) is 18.0. The first-order chi connectivity index (χ1) is 8.33. The molecule has 0 bridgehead atoms. The Morgan fingerprint density at radius 1 is 1.33 bits per heavy atom. The molecule has 0 aliphatic heterocycles. The lowest BCUT2D eigenvalue weighted by Crippen LogP contribution is -2.54. The molecule has 2 nitrogen and oxygen atoms in total. The van der Waals surface area contributed by atoms with E-state index in [1.165, 1.54) is 0 Å². The summed E-state index contributed by atoms with van der Waals surface area (Å²) in [6, 6.07) is 7.69. The highest BCUT2D eigenvalue weighted by Crippen LogP contribution is 2.44. The molecule has 3 heteroatoms. The summed E-state index contributed by atoms with van der Waals surface area (Å²) >= 11 is 6.04. The first-order valence-corrected chi connectivity index (χ1v) is 6.80. The van der Waals surface area contributed by atoms with Gasteiger partial charge in [-0.25, -0.2) is 0 Å². The molecule has 1 aromatic rings. The maximum absolute atomic E-state index is 12.5. The molecule has 0 radical (unpaired) electrons. The van der Waals surface area contributed by atoms with Crippen LogP contribution in [0.15, 0.2) is 24.3 Å². The topological polar surface area (TPSA) is 29.1 Å². The van der Waals surface area contributed by atoms with Gasteiger partial charge in [-0.3, -0.25) is 4.79 Å². The van der Waals surface area contributed by atoms with Gasteiger partial charge >= 0.3 is 0 Å². The van der Waals surface area contributed by atoms with E-state index < -0.39 is 0 Å². The molecule has 0 saturated heterocycles. The molecule has 2 rings (SSSR count). The molecule has 1 aliphatic carbocycles. The number of carbonyl (C=O) groups excluding carboxylic acids is 1. The molecular formula is C15H20ClNO. The molecule has 1 aliphatic rings. The van der Waals surface area contributed by atoms with E-state index in [1.807, 2.05) is 45.0 Å². The smallest absolute Gasteiger partial charge is 0.231 e. The van der Waals surface area contributed by atoms with Gasteiger partial charge in [-0.15, -0.1) is 0 Å². The third-order valence-electron chi connectivity index (χ3n) is 3.51. The van der Waals surface area contributed by atoms with Crippen LogP contribution >= 0.6 is 11.6 Å². The van der Waals surface area contributed by atoms with Crippen molar-refractivity contribution < 1.29 is 4.79 Å². The van der Waals surface area contributed by atoms with Crippen molar-refractivity contribution in [2.45, 2.75) is 51.0 Å². The Kier molecular flexibility index (Phi) is 3.41. The van der Waals surface area contributed by atoms with E-state index >= 15 is 0 Å². The van der Waals surface area contributed by atoms with Gasteiger partial charge in [0, 0.05) is 10.6 Å². The Labute approximate surface area is 114 Å². The minimum atomic E-state index is -0.363. The molecule has 0 aromatic heterocycles. The predicted molar refractivity (Wildman–Crippen MR) is 74.9 cm³/mol. The molecule has 0 spiro atoms. The van der Waals surface area contributed by atoms with Crippen LogP contribution in [-0.2, 0) is 10.2 Å². The Bertz CT molecular complexity index is 458. The first-order valence-electron chi connectivity index (χ1n) is 6.42. The average Bonchev–Trinajstić information content (AvgIpc) is 2.12. The van der Waals surface area contributed by atoms with Gasteiger partial charge in [-0.1, -0.05) is 30.2 Å². The third-order valence-corrected chi connectivity index (χ3v) is 3.74. The molecule has 1 N–H and O–H groups in total. The highest BCUT2D eigenvalue weighted by Gasteiger charge is 2.46. The summed E-state index contributed by atoms with van der Waals surface area (Å²) < 4.78 is 0. The van der Waals surface area contributed by atoms with Crippen LogP contribution in [0.4, 0.5) is 0 Å². The van der Waals surface area contributed by atoms with Crippen LogP contribution in [0.5, 0.6) is 0 Å². The van der Waals surface area contributed by atoms with E-state index in [0.29, 0.717) is 5.02 Å². The second kappa shape index (κ2) is 4.58. The highest BCUT2D eigenvalue weighted by atomic mass is 35.5. The van der Waals surface area contributed by atoms with Crippen molar-refractivity contribution in [3.63, 3.8) is 0 Å². The van der Waals surface area contributed by atoms with E-state index in [0.717, 1.165) is 24.8 Å². The van der Waals surface area contributed by atoms with Crippen molar-refractivity contribution in [3.8, 4) is 0 Å². The number of rotatable bonds is 2. The molecule has 1 amide bonds. The van der Waals surface area contributed by atoms with Gasteiger partial charge < -0.3 is 5.32 Å². The Morgan fingerprint density at radius 2 is 2.00 bits per heavy atom. The Morgan fingerprint density at radius 3 is 2.44 bits per heavy atom. The van der Waals surface area contributed by atoms with Crippen LogP contribution in [0.25, 0.3) is 0 Å². The predicted octanol–water partition coefficient (Wildman–Crippen LogP) is 3.68. The SMILES string of the molecule is CC(C)(C)NC(=O)C1(c2cccc(Cl)c2)CCC1. The minimum Gasteiger partial charge on any atom is -0.351 e. The lowest BCUT2D eigenvalue weighted by molar-refractivity contribution is -0.131. The number of hydrogen-bond donors (Lipinski definition) is 1. The monoisotopic (exact) mass is 265 g/mol. The maximum atomic E-state index is 12.5. The van der Waals surface area contributed by atoms with Gasteiger partial charge in [0.1, 0.15) is 0 Å². The van der Waals surface area contributed by atoms with E-state index in [-0.39, 0.29) is 16.9 Å². The largest absolute Gasteiger partial charge is 0.351 e. The number of hydrogen-bond acceptors (Lipinski definition) is 1.